The highest BCUT2D eigenvalue weighted by Gasteiger charge is 2.34. The van der Waals surface area contributed by atoms with Crippen LogP contribution in [0.5, 0.6) is 0 Å². The van der Waals surface area contributed by atoms with Crippen molar-refractivity contribution in [1.29, 1.82) is 0 Å². The second-order valence-electron chi connectivity index (χ2n) is 6.41. The Bertz CT molecular complexity index is 643. The number of aliphatic hydroxyl groups is 1. The van der Waals surface area contributed by atoms with Crippen molar-refractivity contribution in [2.45, 2.75) is 32.8 Å². The molecule has 1 aromatic heterocycles. The molecule has 2 amide bonds. The quantitative estimate of drug-likeness (QED) is 0.630. The fraction of sp³-hybridized carbons (Fsp3) is 0.625. The van der Waals surface area contributed by atoms with Crippen molar-refractivity contribution < 1.29 is 19.4 Å². The number of nitrogens with two attached hydrogens (primary N) is 1. The van der Waals surface area contributed by atoms with Crippen LogP contribution in [0.15, 0.2) is 0 Å². The molecule has 1 aliphatic rings. The van der Waals surface area contributed by atoms with Crippen molar-refractivity contribution >= 4 is 17.8 Å². The number of rotatable bonds is 4. The Morgan fingerprint density at radius 1 is 1.36 bits per heavy atom. The number of hydrogen-bond donors (Lipinski definition) is 3. The fourth-order valence-electron chi connectivity index (χ4n) is 2.81. The van der Waals surface area contributed by atoms with Crippen molar-refractivity contribution in [2.24, 2.45) is 0 Å². The summed E-state index contributed by atoms with van der Waals surface area (Å²) in [6, 6.07) is 0. The van der Waals surface area contributed by atoms with Crippen LogP contribution in [0.25, 0.3) is 0 Å². The predicted molar refractivity (Wildman–Crippen MR) is 90.7 cm³/mol. The lowest BCUT2D eigenvalue weighted by Gasteiger charge is -2.31. The summed E-state index contributed by atoms with van der Waals surface area (Å²) in [6.45, 7) is 5.80. The first kappa shape index (κ1) is 19.1. The number of anilines is 1. The Balaban J connectivity index is 2.11. The molecule has 1 atom stereocenters. The number of nitrogens with zero attached hydrogens (tertiary/aromatic N) is 3. The molecule has 1 aliphatic heterocycles. The smallest absolute Gasteiger partial charge is 0.227 e. The summed E-state index contributed by atoms with van der Waals surface area (Å²) in [5, 5.41) is 13.2. The molecule has 4 N–H and O–H groups in total. The molecular formula is C16H25N5O4. The van der Waals surface area contributed by atoms with E-state index in [1.807, 2.05) is 0 Å². The van der Waals surface area contributed by atoms with Gasteiger partial charge in [0.15, 0.2) is 0 Å². The van der Waals surface area contributed by atoms with Crippen LogP contribution in [0.1, 0.15) is 23.9 Å². The molecule has 2 heterocycles. The zero-order chi connectivity index (χ0) is 18.6. The molecular weight excluding hydrogens is 326 g/mol. The third-order valence-electron chi connectivity index (χ3n) is 4.15. The van der Waals surface area contributed by atoms with E-state index in [1.165, 1.54) is 6.92 Å². The molecule has 138 valence electrons. The van der Waals surface area contributed by atoms with Crippen molar-refractivity contribution in [2.75, 3.05) is 38.6 Å². The Kier molecular flexibility index (Phi) is 5.91. The lowest BCUT2D eigenvalue weighted by Crippen LogP contribution is -2.53. The van der Waals surface area contributed by atoms with Gasteiger partial charge in [-0.3, -0.25) is 9.59 Å². The Morgan fingerprint density at radius 3 is 2.60 bits per heavy atom. The van der Waals surface area contributed by atoms with Gasteiger partial charge in [-0.2, -0.15) is 0 Å². The normalized spacial score (nSPS) is 20.9. The van der Waals surface area contributed by atoms with Gasteiger partial charge in [0, 0.05) is 30.4 Å². The van der Waals surface area contributed by atoms with Gasteiger partial charge in [0.1, 0.15) is 5.60 Å². The van der Waals surface area contributed by atoms with Crippen LogP contribution in [0.2, 0.25) is 0 Å². The van der Waals surface area contributed by atoms with E-state index >= 15 is 0 Å². The van der Waals surface area contributed by atoms with Crippen LogP contribution in [0.3, 0.4) is 0 Å². The number of hydrogen-bond acceptors (Lipinski definition) is 7. The minimum Gasteiger partial charge on any atom is -0.384 e. The van der Waals surface area contributed by atoms with Gasteiger partial charge in [0.2, 0.25) is 17.8 Å². The first-order valence-corrected chi connectivity index (χ1v) is 8.12. The van der Waals surface area contributed by atoms with Gasteiger partial charge in [-0.1, -0.05) is 0 Å². The molecule has 0 spiro atoms. The molecule has 0 unspecified atom stereocenters. The highest BCUT2D eigenvalue weighted by atomic mass is 16.5. The Labute approximate surface area is 146 Å². The van der Waals surface area contributed by atoms with Crippen molar-refractivity contribution in [3.8, 4) is 0 Å². The summed E-state index contributed by atoms with van der Waals surface area (Å²) in [5.74, 6) is -0.230. The molecule has 1 saturated heterocycles. The first-order valence-electron chi connectivity index (χ1n) is 8.12. The molecule has 9 heteroatoms. The number of ether oxygens (including phenoxy) is 1. The van der Waals surface area contributed by atoms with Gasteiger partial charge in [-0.15, -0.1) is 0 Å². The third kappa shape index (κ3) is 5.10. The van der Waals surface area contributed by atoms with Crippen LogP contribution in [0, 0.1) is 13.8 Å². The summed E-state index contributed by atoms with van der Waals surface area (Å²) >= 11 is 0. The maximum atomic E-state index is 12.7. The SMILES string of the molecule is CC(=O)NC[C@@]1(O)COCCN(C(=O)Cc2c(C)nc(N)nc2C)C1. The van der Waals surface area contributed by atoms with Crippen LogP contribution in [-0.4, -0.2) is 70.2 Å². The summed E-state index contributed by atoms with van der Waals surface area (Å²) in [4.78, 5) is 33.6. The fourth-order valence-corrected chi connectivity index (χ4v) is 2.81. The predicted octanol–water partition coefficient (Wildman–Crippen LogP) is -1.06. The molecule has 1 aromatic rings. The summed E-state index contributed by atoms with van der Waals surface area (Å²) in [5.41, 5.74) is 6.36. The van der Waals surface area contributed by atoms with Gasteiger partial charge < -0.3 is 25.8 Å². The maximum Gasteiger partial charge on any atom is 0.227 e. The summed E-state index contributed by atoms with van der Waals surface area (Å²) < 4.78 is 5.40. The van der Waals surface area contributed by atoms with Gasteiger partial charge in [0.05, 0.1) is 32.7 Å². The Hall–Kier alpha value is -2.26. The van der Waals surface area contributed by atoms with E-state index in [1.54, 1.807) is 18.7 Å². The average Bonchev–Trinajstić information content (AvgIpc) is 2.71. The van der Waals surface area contributed by atoms with Crippen LogP contribution in [0.4, 0.5) is 5.95 Å². The van der Waals surface area contributed by atoms with Gasteiger partial charge >= 0.3 is 0 Å². The topological polar surface area (TPSA) is 131 Å². The lowest BCUT2D eigenvalue weighted by atomic mass is 10.0. The molecule has 9 nitrogen and oxygen atoms in total. The number of β-amino-alcohol motifs (C(OH)–C–C–N with tert-alkyl or cyclic N) is 1. The number of nitrogens with one attached hydrogen (secondary N) is 1. The lowest BCUT2D eigenvalue weighted by molar-refractivity contribution is -0.133. The Morgan fingerprint density at radius 2 is 2.00 bits per heavy atom. The van der Waals surface area contributed by atoms with E-state index in [0.717, 1.165) is 5.56 Å². The number of carbonyl (C=O) groups excluding carboxylic acids is 2. The zero-order valence-electron chi connectivity index (χ0n) is 14.8. The number of nitrogen functional groups attached to an aromatic ring is 1. The molecule has 0 bridgehead atoms. The molecule has 0 saturated carbocycles. The van der Waals surface area contributed by atoms with Crippen molar-refractivity contribution in [3.63, 3.8) is 0 Å². The number of aryl methyl sites for hydroxylation is 2. The molecule has 1 fully saturated rings. The van der Waals surface area contributed by atoms with Crippen LogP contribution < -0.4 is 11.1 Å². The summed E-state index contributed by atoms with van der Waals surface area (Å²) in [6.07, 6.45) is 0.119. The highest BCUT2D eigenvalue weighted by molar-refractivity contribution is 5.79. The second-order valence-corrected chi connectivity index (χ2v) is 6.41. The zero-order valence-corrected chi connectivity index (χ0v) is 14.8. The average molecular weight is 351 g/mol. The minimum atomic E-state index is -1.32. The van der Waals surface area contributed by atoms with Crippen LogP contribution in [-0.2, 0) is 20.7 Å². The number of aromatic nitrogens is 2. The van der Waals surface area contributed by atoms with Crippen LogP contribution >= 0.6 is 0 Å². The van der Waals surface area contributed by atoms with Gasteiger partial charge in [-0.05, 0) is 13.8 Å². The first-order chi connectivity index (χ1) is 11.7. The summed E-state index contributed by atoms with van der Waals surface area (Å²) in [7, 11) is 0. The van der Waals surface area contributed by atoms with Gasteiger partial charge in [0.25, 0.3) is 0 Å². The van der Waals surface area contributed by atoms with E-state index in [9.17, 15) is 14.7 Å². The number of amides is 2. The highest BCUT2D eigenvalue weighted by Crippen LogP contribution is 2.16. The molecule has 25 heavy (non-hydrogen) atoms. The largest absolute Gasteiger partial charge is 0.384 e. The van der Waals surface area contributed by atoms with E-state index in [2.05, 4.69) is 15.3 Å². The molecule has 0 aromatic carbocycles. The van der Waals surface area contributed by atoms with E-state index in [4.69, 9.17) is 10.5 Å². The van der Waals surface area contributed by atoms with Gasteiger partial charge in [-0.25, -0.2) is 9.97 Å². The third-order valence-corrected chi connectivity index (χ3v) is 4.15. The molecule has 2 rings (SSSR count). The van der Waals surface area contributed by atoms with E-state index < -0.39 is 5.60 Å². The maximum absolute atomic E-state index is 12.7. The van der Waals surface area contributed by atoms with Crippen molar-refractivity contribution in [1.82, 2.24) is 20.2 Å². The van der Waals surface area contributed by atoms with Crippen molar-refractivity contribution in [3.05, 3.63) is 17.0 Å². The number of carbonyl (C=O) groups is 2. The monoisotopic (exact) mass is 351 g/mol. The van der Waals surface area contributed by atoms with E-state index in [0.29, 0.717) is 24.5 Å². The second kappa shape index (κ2) is 7.75. The standard InChI is InChI=1S/C16H25N5O4/c1-10-13(11(2)20-15(17)19-10)6-14(23)21-4-5-25-9-16(24,8-21)7-18-12(3)22/h24H,4-9H2,1-3H3,(H,18,22)(H2,17,19,20)/t16-/m0/s1. The van der Waals surface area contributed by atoms with E-state index in [-0.39, 0.29) is 43.9 Å². The minimum absolute atomic E-state index is 0.0230. The molecule has 0 radical (unpaired) electrons. The molecule has 0 aliphatic carbocycles.